The number of hydrogen-bond donors (Lipinski definition) is 4. The van der Waals surface area contributed by atoms with E-state index in [9.17, 15) is 14.4 Å². The van der Waals surface area contributed by atoms with E-state index in [-0.39, 0.29) is 30.2 Å². The second-order valence-electron chi connectivity index (χ2n) is 7.31. The van der Waals surface area contributed by atoms with Crippen molar-refractivity contribution in [1.29, 1.82) is 0 Å². The lowest BCUT2D eigenvalue weighted by Crippen LogP contribution is -2.24. The van der Waals surface area contributed by atoms with Gasteiger partial charge in [0.15, 0.2) is 0 Å². The first-order chi connectivity index (χ1) is 14.4. The van der Waals surface area contributed by atoms with Crippen LogP contribution in [0.1, 0.15) is 44.0 Å². The zero-order chi connectivity index (χ0) is 21.9. The number of rotatable bonds is 10. The van der Waals surface area contributed by atoms with Crippen LogP contribution in [0.25, 0.3) is 0 Å². The molecule has 2 rings (SSSR count). The summed E-state index contributed by atoms with van der Waals surface area (Å²) in [5.41, 5.74) is 2.67. The molecule has 0 bridgehead atoms. The van der Waals surface area contributed by atoms with Gasteiger partial charge in [-0.2, -0.15) is 0 Å². The maximum Gasteiger partial charge on any atom is 0.251 e. The minimum absolute atomic E-state index is 0.0551. The minimum atomic E-state index is -0.199. The van der Waals surface area contributed by atoms with Gasteiger partial charge in [-0.05, 0) is 55.0 Å². The van der Waals surface area contributed by atoms with E-state index in [4.69, 9.17) is 0 Å². The number of amides is 3. The van der Waals surface area contributed by atoms with Crippen molar-refractivity contribution >= 4 is 34.8 Å². The molecule has 7 heteroatoms. The summed E-state index contributed by atoms with van der Waals surface area (Å²) in [5.74, 6) is -0.448. The quantitative estimate of drug-likeness (QED) is 0.447. The number of benzene rings is 2. The fraction of sp³-hybridized carbons (Fsp3) is 0.348. The van der Waals surface area contributed by atoms with Crippen molar-refractivity contribution in [2.75, 3.05) is 29.0 Å². The van der Waals surface area contributed by atoms with E-state index in [1.165, 1.54) is 0 Å². The highest BCUT2D eigenvalue weighted by molar-refractivity contribution is 5.96. The molecular weight excluding hydrogens is 380 g/mol. The molecule has 3 amide bonds. The Morgan fingerprint density at radius 1 is 0.833 bits per heavy atom. The van der Waals surface area contributed by atoms with Crippen molar-refractivity contribution in [3.8, 4) is 0 Å². The van der Waals surface area contributed by atoms with Gasteiger partial charge >= 0.3 is 0 Å². The highest BCUT2D eigenvalue weighted by Gasteiger charge is 2.08. The molecule has 0 aromatic heterocycles. The molecule has 0 aliphatic rings. The first kappa shape index (κ1) is 22.9. The predicted molar refractivity (Wildman–Crippen MR) is 121 cm³/mol. The number of carbonyl (C=O) groups is 3. The van der Waals surface area contributed by atoms with Gasteiger partial charge in [-0.25, -0.2) is 0 Å². The summed E-state index contributed by atoms with van der Waals surface area (Å²) < 4.78 is 0. The van der Waals surface area contributed by atoms with Crippen molar-refractivity contribution in [1.82, 2.24) is 5.32 Å². The molecule has 2 aromatic rings. The van der Waals surface area contributed by atoms with Crippen molar-refractivity contribution in [3.63, 3.8) is 0 Å². The Balaban J connectivity index is 1.79. The van der Waals surface area contributed by atoms with Gasteiger partial charge < -0.3 is 21.3 Å². The van der Waals surface area contributed by atoms with Gasteiger partial charge in [0, 0.05) is 35.1 Å². The molecule has 2 aromatic carbocycles. The average Bonchev–Trinajstić information content (AvgIpc) is 2.74. The summed E-state index contributed by atoms with van der Waals surface area (Å²) in [5, 5.41) is 11.5. The zero-order valence-corrected chi connectivity index (χ0v) is 17.7. The van der Waals surface area contributed by atoms with Gasteiger partial charge in [0.05, 0.1) is 6.54 Å². The van der Waals surface area contributed by atoms with E-state index in [0.29, 0.717) is 23.5 Å². The molecule has 0 spiro atoms. The van der Waals surface area contributed by atoms with Crippen LogP contribution in [0.15, 0.2) is 48.5 Å². The van der Waals surface area contributed by atoms with Crippen LogP contribution in [0.2, 0.25) is 0 Å². The SMILES string of the molecule is CCCCNC(=O)c1ccc(NCC(=O)Nc2ccc(NC(=O)C(C)C)cc2)cc1. The van der Waals surface area contributed by atoms with Gasteiger partial charge in [0.25, 0.3) is 5.91 Å². The van der Waals surface area contributed by atoms with Crippen LogP contribution in [0, 0.1) is 5.92 Å². The summed E-state index contributed by atoms with van der Waals surface area (Å²) in [7, 11) is 0. The summed E-state index contributed by atoms with van der Waals surface area (Å²) in [4.78, 5) is 35.9. The van der Waals surface area contributed by atoms with Crippen LogP contribution >= 0.6 is 0 Å². The highest BCUT2D eigenvalue weighted by Crippen LogP contribution is 2.15. The first-order valence-electron chi connectivity index (χ1n) is 10.2. The Kier molecular flexibility index (Phi) is 8.87. The molecule has 0 unspecified atom stereocenters. The molecule has 0 heterocycles. The van der Waals surface area contributed by atoms with Crippen molar-refractivity contribution < 1.29 is 14.4 Å². The molecule has 0 saturated heterocycles. The average molecular weight is 411 g/mol. The summed E-state index contributed by atoms with van der Waals surface area (Å²) in [6.07, 6.45) is 1.99. The maximum atomic E-state index is 12.2. The summed E-state index contributed by atoms with van der Waals surface area (Å²) >= 11 is 0. The van der Waals surface area contributed by atoms with Gasteiger partial charge in [-0.15, -0.1) is 0 Å². The van der Waals surface area contributed by atoms with E-state index in [1.807, 2.05) is 13.8 Å². The highest BCUT2D eigenvalue weighted by atomic mass is 16.2. The van der Waals surface area contributed by atoms with Crippen LogP contribution in [0.3, 0.4) is 0 Å². The van der Waals surface area contributed by atoms with Gasteiger partial charge in [0.2, 0.25) is 11.8 Å². The molecule has 0 radical (unpaired) electrons. The van der Waals surface area contributed by atoms with E-state index >= 15 is 0 Å². The van der Waals surface area contributed by atoms with Crippen molar-refractivity contribution in [3.05, 3.63) is 54.1 Å². The van der Waals surface area contributed by atoms with Gasteiger partial charge in [-0.1, -0.05) is 27.2 Å². The molecule has 0 aliphatic carbocycles. The number of anilines is 3. The smallest absolute Gasteiger partial charge is 0.251 e. The van der Waals surface area contributed by atoms with E-state index in [2.05, 4.69) is 28.2 Å². The Morgan fingerprint density at radius 2 is 1.40 bits per heavy atom. The number of carbonyl (C=O) groups excluding carboxylic acids is 3. The molecule has 4 N–H and O–H groups in total. The first-order valence-corrected chi connectivity index (χ1v) is 10.2. The molecule has 0 saturated carbocycles. The monoisotopic (exact) mass is 410 g/mol. The van der Waals surface area contributed by atoms with E-state index in [1.54, 1.807) is 48.5 Å². The Morgan fingerprint density at radius 3 is 1.97 bits per heavy atom. The third-order valence-electron chi connectivity index (χ3n) is 4.38. The third-order valence-corrected chi connectivity index (χ3v) is 4.38. The van der Waals surface area contributed by atoms with Crippen molar-refractivity contribution in [2.45, 2.75) is 33.6 Å². The molecular formula is C23H30N4O3. The molecule has 0 atom stereocenters. The van der Waals surface area contributed by atoms with Crippen LogP contribution in [0.4, 0.5) is 17.1 Å². The molecule has 0 aliphatic heterocycles. The fourth-order valence-electron chi connectivity index (χ4n) is 2.53. The molecule has 7 nitrogen and oxygen atoms in total. The van der Waals surface area contributed by atoms with Crippen LogP contribution in [0.5, 0.6) is 0 Å². The lowest BCUT2D eigenvalue weighted by atomic mass is 10.2. The minimum Gasteiger partial charge on any atom is -0.376 e. The Labute approximate surface area is 177 Å². The Bertz CT molecular complexity index is 846. The van der Waals surface area contributed by atoms with Crippen LogP contribution in [-0.2, 0) is 9.59 Å². The van der Waals surface area contributed by atoms with Crippen LogP contribution < -0.4 is 21.3 Å². The van der Waals surface area contributed by atoms with Crippen molar-refractivity contribution in [2.24, 2.45) is 5.92 Å². The second kappa shape index (κ2) is 11.6. The molecule has 160 valence electrons. The number of hydrogen-bond acceptors (Lipinski definition) is 4. The second-order valence-corrected chi connectivity index (χ2v) is 7.31. The van der Waals surface area contributed by atoms with E-state index < -0.39 is 0 Å². The molecule has 30 heavy (non-hydrogen) atoms. The maximum absolute atomic E-state index is 12.2. The molecule has 0 fully saturated rings. The number of unbranched alkanes of at least 4 members (excludes halogenated alkanes) is 1. The number of nitrogens with one attached hydrogen (secondary N) is 4. The predicted octanol–water partition coefficient (Wildman–Crippen LogP) is 3.86. The standard InChI is InChI=1S/C23H30N4O3/c1-4-5-14-24-23(30)17-6-8-18(9-7-17)25-15-21(28)26-19-10-12-20(13-11-19)27-22(29)16(2)3/h6-13,16,25H,4-5,14-15H2,1-3H3,(H,24,30)(H,26,28)(H,27,29). The van der Waals surface area contributed by atoms with Crippen LogP contribution in [-0.4, -0.2) is 30.8 Å². The largest absolute Gasteiger partial charge is 0.376 e. The summed E-state index contributed by atoms with van der Waals surface area (Å²) in [6.45, 7) is 6.49. The normalized spacial score (nSPS) is 10.4. The summed E-state index contributed by atoms with van der Waals surface area (Å²) in [6, 6.07) is 14.0. The Hall–Kier alpha value is -3.35. The lowest BCUT2D eigenvalue weighted by molar-refractivity contribution is -0.119. The fourth-order valence-corrected chi connectivity index (χ4v) is 2.53. The lowest BCUT2D eigenvalue weighted by Gasteiger charge is -2.10. The van der Waals surface area contributed by atoms with Gasteiger partial charge in [0.1, 0.15) is 0 Å². The topological polar surface area (TPSA) is 99.3 Å². The zero-order valence-electron chi connectivity index (χ0n) is 17.7. The van der Waals surface area contributed by atoms with E-state index in [0.717, 1.165) is 18.5 Å². The van der Waals surface area contributed by atoms with Gasteiger partial charge in [-0.3, -0.25) is 14.4 Å². The third kappa shape index (κ3) is 7.58.